The number of aryl methyl sites for hydroxylation is 1. The lowest BCUT2D eigenvalue weighted by molar-refractivity contribution is 0.740. The summed E-state index contributed by atoms with van der Waals surface area (Å²) in [5.41, 5.74) is 4.19. The Morgan fingerprint density at radius 3 is 2.76 bits per heavy atom. The van der Waals surface area contributed by atoms with Gasteiger partial charge in [0.1, 0.15) is 5.82 Å². The highest BCUT2D eigenvalue weighted by Crippen LogP contribution is 2.27. The van der Waals surface area contributed by atoms with Crippen LogP contribution in [-0.4, -0.2) is 14.5 Å². The first kappa shape index (κ1) is 14.5. The molecule has 0 aliphatic heterocycles. The van der Waals surface area contributed by atoms with E-state index in [1.54, 1.807) is 0 Å². The number of alkyl halides is 1. The van der Waals surface area contributed by atoms with Crippen LogP contribution in [0.2, 0.25) is 0 Å². The third-order valence-corrected chi connectivity index (χ3v) is 4.10. The Morgan fingerprint density at radius 1 is 1.29 bits per heavy atom. The number of fused-ring (bicyclic) bond motifs is 1. The van der Waals surface area contributed by atoms with E-state index in [0.29, 0.717) is 0 Å². The number of imidazole rings is 1. The molecule has 1 unspecified atom stereocenters. The van der Waals surface area contributed by atoms with E-state index in [4.69, 9.17) is 11.6 Å². The van der Waals surface area contributed by atoms with Crippen molar-refractivity contribution in [3.8, 4) is 0 Å². The molecule has 21 heavy (non-hydrogen) atoms. The maximum absolute atomic E-state index is 6.30. The standard InChI is InChI=1S/C16H15BrClN3/c1-10-3-4-12(8-19-10)9-21-15-6-5-13(17)7-14(15)20-16(21)11(2)18/h3-8,11H,9H2,1-2H3. The maximum Gasteiger partial charge on any atom is 0.128 e. The van der Waals surface area contributed by atoms with E-state index in [1.165, 1.54) is 0 Å². The highest BCUT2D eigenvalue weighted by molar-refractivity contribution is 9.10. The molecule has 0 fully saturated rings. The van der Waals surface area contributed by atoms with Crippen LogP contribution in [0.5, 0.6) is 0 Å². The third-order valence-electron chi connectivity index (χ3n) is 3.41. The molecular weight excluding hydrogens is 350 g/mol. The number of pyridine rings is 1. The molecule has 3 rings (SSSR count). The van der Waals surface area contributed by atoms with Gasteiger partial charge in [-0.15, -0.1) is 11.6 Å². The van der Waals surface area contributed by atoms with Crippen molar-refractivity contribution >= 4 is 38.6 Å². The number of rotatable bonds is 3. The quantitative estimate of drug-likeness (QED) is 0.622. The zero-order valence-corrected chi connectivity index (χ0v) is 14.2. The minimum Gasteiger partial charge on any atom is -0.322 e. The van der Waals surface area contributed by atoms with Crippen LogP contribution in [0.1, 0.15) is 29.4 Å². The van der Waals surface area contributed by atoms with Gasteiger partial charge in [-0.1, -0.05) is 22.0 Å². The van der Waals surface area contributed by atoms with Crippen LogP contribution >= 0.6 is 27.5 Å². The van der Waals surface area contributed by atoms with Crippen molar-refractivity contribution in [2.24, 2.45) is 0 Å². The van der Waals surface area contributed by atoms with Crippen LogP contribution in [0.15, 0.2) is 41.0 Å². The topological polar surface area (TPSA) is 30.7 Å². The molecule has 0 N–H and O–H groups in total. The number of nitrogens with zero attached hydrogens (tertiary/aromatic N) is 3. The first-order valence-corrected chi connectivity index (χ1v) is 7.99. The number of aromatic nitrogens is 3. The smallest absolute Gasteiger partial charge is 0.128 e. The Morgan fingerprint density at radius 2 is 2.10 bits per heavy atom. The van der Waals surface area contributed by atoms with E-state index < -0.39 is 0 Å². The van der Waals surface area contributed by atoms with Gasteiger partial charge in [0.15, 0.2) is 0 Å². The van der Waals surface area contributed by atoms with Gasteiger partial charge in [-0.2, -0.15) is 0 Å². The molecule has 0 bridgehead atoms. The van der Waals surface area contributed by atoms with E-state index in [9.17, 15) is 0 Å². The van der Waals surface area contributed by atoms with Crippen LogP contribution in [-0.2, 0) is 6.54 Å². The molecule has 0 saturated carbocycles. The largest absolute Gasteiger partial charge is 0.322 e. The summed E-state index contributed by atoms with van der Waals surface area (Å²) in [6.07, 6.45) is 1.91. The molecule has 0 spiro atoms. The molecule has 5 heteroatoms. The number of benzene rings is 1. The van der Waals surface area contributed by atoms with Crippen LogP contribution in [0.3, 0.4) is 0 Å². The average molecular weight is 365 g/mol. The van der Waals surface area contributed by atoms with Gasteiger partial charge in [0.05, 0.1) is 23.0 Å². The van der Waals surface area contributed by atoms with Gasteiger partial charge >= 0.3 is 0 Å². The minimum atomic E-state index is -0.144. The lowest BCUT2D eigenvalue weighted by atomic mass is 10.2. The van der Waals surface area contributed by atoms with E-state index in [0.717, 1.165) is 39.1 Å². The Labute approximate surface area is 137 Å². The van der Waals surface area contributed by atoms with Crippen molar-refractivity contribution in [2.45, 2.75) is 25.8 Å². The molecule has 2 heterocycles. The van der Waals surface area contributed by atoms with E-state index in [2.05, 4.69) is 42.6 Å². The normalized spacial score (nSPS) is 12.8. The second-order valence-electron chi connectivity index (χ2n) is 5.11. The summed E-state index contributed by atoms with van der Waals surface area (Å²) in [5, 5.41) is -0.144. The van der Waals surface area contributed by atoms with Gasteiger partial charge in [0.25, 0.3) is 0 Å². The summed E-state index contributed by atoms with van der Waals surface area (Å²) in [6, 6.07) is 10.2. The van der Waals surface area contributed by atoms with Gasteiger partial charge in [0, 0.05) is 16.4 Å². The summed E-state index contributed by atoms with van der Waals surface area (Å²) in [7, 11) is 0. The Bertz CT molecular complexity index is 778. The molecule has 0 amide bonds. The Balaban J connectivity index is 2.10. The second-order valence-corrected chi connectivity index (χ2v) is 6.68. The van der Waals surface area contributed by atoms with Crippen LogP contribution in [0, 0.1) is 6.92 Å². The van der Waals surface area contributed by atoms with Crippen molar-refractivity contribution in [1.29, 1.82) is 0 Å². The van der Waals surface area contributed by atoms with Crippen molar-refractivity contribution in [3.63, 3.8) is 0 Å². The monoisotopic (exact) mass is 363 g/mol. The Hall–Kier alpha value is -1.39. The molecule has 3 nitrogen and oxygen atoms in total. The fourth-order valence-corrected chi connectivity index (χ4v) is 2.88. The van der Waals surface area contributed by atoms with Gasteiger partial charge in [0.2, 0.25) is 0 Å². The maximum atomic E-state index is 6.30. The fraction of sp³-hybridized carbons (Fsp3) is 0.250. The van der Waals surface area contributed by atoms with E-state index in [1.807, 2.05) is 38.2 Å². The lowest BCUT2D eigenvalue weighted by Crippen LogP contribution is -2.06. The number of hydrogen-bond donors (Lipinski definition) is 0. The first-order chi connectivity index (χ1) is 10.0. The van der Waals surface area contributed by atoms with Crippen molar-refractivity contribution in [1.82, 2.24) is 14.5 Å². The lowest BCUT2D eigenvalue weighted by Gasteiger charge is -2.10. The summed E-state index contributed by atoms with van der Waals surface area (Å²) in [6.45, 7) is 4.65. The molecule has 1 aromatic carbocycles. The van der Waals surface area contributed by atoms with Crippen molar-refractivity contribution < 1.29 is 0 Å². The third kappa shape index (κ3) is 2.97. The average Bonchev–Trinajstić information content (AvgIpc) is 2.79. The zero-order valence-electron chi connectivity index (χ0n) is 11.8. The Kier molecular flexibility index (Phi) is 4.00. The van der Waals surface area contributed by atoms with Gasteiger partial charge < -0.3 is 4.57 Å². The predicted molar refractivity (Wildman–Crippen MR) is 89.8 cm³/mol. The minimum absolute atomic E-state index is 0.144. The van der Waals surface area contributed by atoms with Gasteiger partial charge in [-0.3, -0.25) is 4.98 Å². The second kappa shape index (κ2) is 5.78. The van der Waals surface area contributed by atoms with E-state index >= 15 is 0 Å². The van der Waals surface area contributed by atoms with Gasteiger partial charge in [-0.05, 0) is 43.7 Å². The molecule has 1 atom stereocenters. The van der Waals surface area contributed by atoms with Crippen molar-refractivity contribution in [2.75, 3.05) is 0 Å². The fourth-order valence-electron chi connectivity index (χ4n) is 2.37. The number of halogens is 2. The molecule has 3 aromatic rings. The molecule has 2 aromatic heterocycles. The molecule has 108 valence electrons. The SMILES string of the molecule is Cc1ccc(Cn2c(C(C)Cl)nc3cc(Br)ccc32)cn1. The highest BCUT2D eigenvalue weighted by Gasteiger charge is 2.15. The molecule has 0 radical (unpaired) electrons. The summed E-state index contributed by atoms with van der Waals surface area (Å²) >= 11 is 9.79. The van der Waals surface area contributed by atoms with Gasteiger partial charge in [-0.25, -0.2) is 4.98 Å². The summed E-state index contributed by atoms with van der Waals surface area (Å²) in [4.78, 5) is 9.02. The van der Waals surface area contributed by atoms with Crippen LogP contribution in [0.4, 0.5) is 0 Å². The molecule has 0 aliphatic rings. The molecule has 0 aliphatic carbocycles. The summed E-state index contributed by atoms with van der Waals surface area (Å²) < 4.78 is 3.18. The number of hydrogen-bond acceptors (Lipinski definition) is 2. The van der Waals surface area contributed by atoms with E-state index in [-0.39, 0.29) is 5.38 Å². The van der Waals surface area contributed by atoms with Crippen LogP contribution in [0.25, 0.3) is 11.0 Å². The highest BCUT2D eigenvalue weighted by atomic mass is 79.9. The first-order valence-electron chi connectivity index (χ1n) is 6.76. The predicted octanol–water partition coefficient (Wildman–Crippen LogP) is 4.85. The van der Waals surface area contributed by atoms with Crippen LogP contribution < -0.4 is 0 Å². The van der Waals surface area contributed by atoms with Crippen molar-refractivity contribution in [3.05, 3.63) is 58.1 Å². The molecular formula is C16H15BrClN3. The summed E-state index contributed by atoms with van der Waals surface area (Å²) in [5.74, 6) is 0.880. The molecule has 0 saturated heterocycles. The zero-order chi connectivity index (χ0) is 15.0.